The second kappa shape index (κ2) is 11.2. The van der Waals surface area contributed by atoms with Gasteiger partial charge < -0.3 is 5.11 Å². The highest BCUT2D eigenvalue weighted by molar-refractivity contribution is 8.00. The number of aryl methyl sites for hydroxylation is 2. The number of nitrogens with zero attached hydrogens (tertiary/aromatic N) is 4. The predicted octanol–water partition coefficient (Wildman–Crippen LogP) is 6.64. The number of halogens is 1. The molecule has 3 aromatic carbocycles. The summed E-state index contributed by atoms with van der Waals surface area (Å²) in [6.07, 6.45) is 0. The Hall–Kier alpha value is -4.06. The van der Waals surface area contributed by atoms with Crippen LogP contribution in [-0.2, 0) is 15.3 Å². The number of hydrogen-bond donors (Lipinski definition) is 1. The van der Waals surface area contributed by atoms with Crippen molar-refractivity contribution in [2.45, 2.75) is 30.0 Å². The van der Waals surface area contributed by atoms with Gasteiger partial charge in [-0.2, -0.15) is 0 Å². The van der Waals surface area contributed by atoms with Crippen molar-refractivity contribution in [1.82, 2.24) is 10.2 Å². The van der Waals surface area contributed by atoms with Crippen molar-refractivity contribution < 1.29 is 19.6 Å². The zero-order valence-electron chi connectivity index (χ0n) is 21.2. The minimum absolute atomic E-state index is 0.125. The third-order valence-electron chi connectivity index (χ3n) is 6.40. The Balaban J connectivity index is 1.60. The van der Waals surface area contributed by atoms with Crippen LogP contribution in [0.3, 0.4) is 0 Å². The molecule has 0 saturated carbocycles. The molecule has 1 saturated heterocycles. The van der Waals surface area contributed by atoms with Gasteiger partial charge >= 0.3 is 5.91 Å². The highest BCUT2D eigenvalue weighted by Crippen LogP contribution is 2.45. The summed E-state index contributed by atoms with van der Waals surface area (Å²) in [6, 6.07) is 17.3. The smallest absolute Gasteiger partial charge is 0.301 e. The van der Waals surface area contributed by atoms with Crippen LogP contribution in [0.15, 0.2) is 76.6 Å². The molecule has 5 rings (SSSR count). The number of benzene rings is 3. The minimum Gasteiger partial charge on any atom is -0.507 e. The molecule has 2 heterocycles. The van der Waals surface area contributed by atoms with E-state index in [2.05, 4.69) is 10.2 Å². The van der Waals surface area contributed by atoms with Gasteiger partial charge in [0.1, 0.15) is 5.76 Å². The van der Waals surface area contributed by atoms with E-state index < -0.39 is 22.7 Å². The van der Waals surface area contributed by atoms with Gasteiger partial charge in [-0.25, -0.2) is 0 Å². The van der Waals surface area contributed by atoms with Gasteiger partial charge in [-0.15, -0.1) is 10.2 Å². The maximum Gasteiger partial charge on any atom is 0.301 e. The van der Waals surface area contributed by atoms with E-state index in [1.165, 1.54) is 30.0 Å². The second-order valence-electron chi connectivity index (χ2n) is 9.07. The van der Waals surface area contributed by atoms with E-state index in [0.717, 1.165) is 27.4 Å². The highest BCUT2D eigenvalue weighted by atomic mass is 35.5. The van der Waals surface area contributed by atoms with Crippen LogP contribution in [0, 0.1) is 24.0 Å². The van der Waals surface area contributed by atoms with Crippen LogP contribution in [0.1, 0.15) is 33.9 Å². The lowest BCUT2D eigenvalue weighted by Crippen LogP contribution is -2.29. The van der Waals surface area contributed by atoms with Crippen molar-refractivity contribution >= 4 is 63.0 Å². The number of non-ortho nitro benzene ring substituents is 1. The number of amides is 1. The first-order valence-corrected chi connectivity index (χ1v) is 14.2. The molecule has 202 valence electrons. The van der Waals surface area contributed by atoms with Crippen molar-refractivity contribution in [2.24, 2.45) is 0 Å². The van der Waals surface area contributed by atoms with Crippen LogP contribution >= 0.6 is 34.7 Å². The summed E-state index contributed by atoms with van der Waals surface area (Å²) in [5.41, 5.74) is 2.71. The van der Waals surface area contributed by atoms with Gasteiger partial charge in [-0.1, -0.05) is 82.7 Å². The van der Waals surface area contributed by atoms with Gasteiger partial charge in [0.05, 0.1) is 16.5 Å². The Labute approximate surface area is 242 Å². The maximum absolute atomic E-state index is 13.5. The largest absolute Gasteiger partial charge is 0.507 e. The second-order valence-corrected chi connectivity index (χ2v) is 11.7. The number of carbonyl (C=O) groups is 2. The molecule has 40 heavy (non-hydrogen) atoms. The lowest BCUT2D eigenvalue weighted by molar-refractivity contribution is -0.384. The average molecular weight is 593 g/mol. The van der Waals surface area contributed by atoms with Crippen LogP contribution in [0.4, 0.5) is 10.8 Å². The number of rotatable bonds is 7. The van der Waals surface area contributed by atoms with Crippen LogP contribution in [0.5, 0.6) is 0 Å². The quantitative estimate of drug-likeness (QED) is 0.0481. The molecule has 0 radical (unpaired) electrons. The first-order chi connectivity index (χ1) is 19.2. The zero-order chi connectivity index (χ0) is 28.6. The van der Waals surface area contributed by atoms with E-state index in [4.69, 9.17) is 11.6 Å². The van der Waals surface area contributed by atoms with E-state index in [1.807, 2.05) is 31.2 Å². The van der Waals surface area contributed by atoms with Crippen LogP contribution in [0.25, 0.3) is 5.76 Å². The van der Waals surface area contributed by atoms with E-state index >= 15 is 0 Å². The number of aliphatic hydroxyl groups excluding tert-OH is 1. The number of aliphatic hydroxyl groups is 1. The van der Waals surface area contributed by atoms with E-state index in [1.54, 1.807) is 31.2 Å². The molecule has 12 heteroatoms. The number of Topliss-reactive ketones (excluding diaryl/α,β-unsaturated/α-hetero) is 1. The number of nitro groups is 1. The fourth-order valence-corrected chi connectivity index (χ4v) is 6.56. The van der Waals surface area contributed by atoms with Gasteiger partial charge in [0.15, 0.2) is 4.34 Å². The predicted molar refractivity (Wildman–Crippen MR) is 155 cm³/mol. The molecule has 1 fully saturated rings. The first-order valence-electron chi connectivity index (χ1n) is 12.0. The number of carbonyl (C=O) groups excluding carboxylic acids is 2. The number of thioether (sulfide) groups is 1. The number of hydrogen-bond acceptors (Lipinski definition) is 9. The van der Waals surface area contributed by atoms with Crippen molar-refractivity contribution in [3.05, 3.63) is 115 Å². The molecule has 0 bridgehead atoms. The number of nitro benzene ring substituents is 1. The van der Waals surface area contributed by atoms with E-state index in [-0.39, 0.29) is 27.7 Å². The Morgan fingerprint density at radius 3 is 2.62 bits per heavy atom. The van der Waals surface area contributed by atoms with Crippen LogP contribution in [0.2, 0.25) is 5.02 Å². The monoisotopic (exact) mass is 592 g/mol. The standard InChI is InChI=1S/C28H21ClN4O5S2/c1-15-10-11-16(2)20(12-15)24(34)22-23(17-7-5-8-19(13-17)33(37)38)32(26(36)25(22)35)27-30-31-28(40-27)39-14-18-6-3-4-9-21(18)29/h3-13,23,34H,14H2,1-2H3. The topological polar surface area (TPSA) is 127 Å². The third-order valence-corrected chi connectivity index (χ3v) is 8.87. The van der Waals surface area contributed by atoms with Crippen LogP contribution in [-0.4, -0.2) is 31.9 Å². The van der Waals surface area contributed by atoms with Crippen molar-refractivity contribution in [3.63, 3.8) is 0 Å². The van der Waals surface area contributed by atoms with Gasteiger partial charge in [0.25, 0.3) is 11.5 Å². The molecule has 1 aliphatic rings. The highest BCUT2D eigenvalue weighted by Gasteiger charge is 2.48. The van der Waals surface area contributed by atoms with Gasteiger partial charge in [0, 0.05) is 28.5 Å². The zero-order valence-corrected chi connectivity index (χ0v) is 23.6. The number of aromatic nitrogens is 2. The number of anilines is 1. The van der Waals surface area contributed by atoms with Gasteiger partial charge in [0.2, 0.25) is 5.13 Å². The van der Waals surface area contributed by atoms with Crippen LogP contribution < -0.4 is 4.90 Å². The summed E-state index contributed by atoms with van der Waals surface area (Å²) in [4.78, 5) is 39.0. The van der Waals surface area contributed by atoms with Crippen molar-refractivity contribution in [3.8, 4) is 0 Å². The SMILES string of the molecule is Cc1ccc(C)c(C(O)=C2C(=O)C(=O)N(c3nnc(SCc4ccccc4Cl)s3)C2c2cccc([N+](=O)[O-])c2)c1. The Bertz CT molecular complexity index is 1700. The minimum atomic E-state index is -1.16. The fraction of sp³-hybridized carbons (Fsp3) is 0.143. The summed E-state index contributed by atoms with van der Waals surface area (Å²) in [7, 11) is 0. The lowest BCUT2D eigenvalue weighted by Gasteiger charge is -2.22. The molecule has 0 spiro atoms. The molecule has 1 unspecified atom stereocenters. The summed E-state index contributed by atoms with van der Waals surface area (Å²) in [5, 5.41) is 32.1. The molecule has 4 aromatic rings. The number of ketones is 1. The van der Waals surface area contributed by atoms with E-state index in [9.17, 15) is 24.8 Å². The molecular formula is C28H21ClN4O5S2. The fourth-order valence-electron chi connectivity index (χ4n) is 4.40. The average Bonchev–Trinajstić information content (AvgIpc) is 3.51. The first kappa shape index (κ1) is 27.5. The molecule has 0 aliphatic carbocycles. The molecule has 9 nitrogen and oxygen atoms in total. The summed E-state index contributed by atoms with van der Waals surface area (Å²) >= 11 is 8.73. The normalized spacial score (nSPS) is 16.5. The van der Waals surface area contributed by atoms with Crippen molar-refractivity contribution in [1.29, 1.82) is 0 Å². The summed E-state index contributed by atoms with van der Waals surface area (Å²) in [6.45, 7) is 3.62. The molecule has 1 aliphatic heterocycles. The maximum atomic E-state index is 13.5. The Morgan fingerprint density at radius 1 is 1.10 bits per heavy atom. The van der Waals surface area contributed by atoms with Gasteiger partial charge in [-0.05, 0) is 42.7 Å². The summed E-state index contributed by atoms with van der Waals surface area (Å²) in [5.74, 6) is -1.69. The molecular weight excluding hydrogens is 572 g/mol. The van der Waals surface area contributed by atoms with Crippen molar-refractivity contribution in [2.75, 3.05) is 4.90 Å². The lowest BCUT2D eigenvalue weighted by atomic mass is 9.93. The van der Waals surface area contributed by atoms with Gasteiger partial charge in [-0.3, -0.25) is 24.6 Å². The Kier molecular flexibility index (Phi) is 7.70. The van der Waals surface area contributed by atoms with E-state index in [0.29, 0.717) is 26.2 Å². The molecule has 1 N–H and O–H groups in total. The molecule has 1 amide bonds. The molecule has 1 atom stereocenters. The summed E-state index contributed by atoms with van der Waals surface area (Å²) < 4.78 is 0.532. The molecule has 1 aromatic heterocycles. The Morgan fingerprint density at radius 2 is 1.88 bits per heavy atom. The third kappa shape index (κ3) is 5.23.